The first-order valence-corrected chi connectivity index (χ1v) is 7.21. The lowest BCUT2D eigenvalue weighted by Gasteiger charge is -2.24. The third kappa shape index (κ3) is 2.71. The molecule has 0 atom stereocenters. The van der Waals surface area contributed by atoms with E-state index >= 15 is 0 Å². The number of carbonyl (C=O) groups excluding carboxylic acids is 1. The molecule has 1 aliphatic rings. The molecule has 3 rings (SSSR count). The number of rotatable bonds is 2. The van der Waals surface area contributed by atoms with E-state index in [0.29, 0.717) is 0 Å². The zero-order chi connectivity index (χ0) is 13.8. The lowest BCUT2D eigenvalue weighted by atomic mass is 9.95. The molecule has 0 amide bonds. The lowest BCUT2D eigenvalue weighted by Crippen LogP contribution is -2.18. The minimum Gasteiger partial charge on any atom is -0.380 e. The summed E-state index contributed by atoms with van der Waals surface area (Å²) < 4.78 is 0.980. The summed E-state index contributed by atoms with van der Waals surface area (Å²) in [6.07, 6.45) is 0. The number of anilines is 1. The maximum atomic E-state index is 12.3. The Labute approximate surface area is 122 Å². The van der Waals surface area contributed by atoms with Gasteiger partial charge in [0.15, 0.2) is 5.78 Å². The minimum absolute atomic E-state index is 0.0709. The SMILES string of the molecule is CC.O=C(c1ccc(Br)cc1)c1cccc2c1NC2. The normalized spacial score (nSPS) is 11.3. The number of fused-ring (bicyclic) bond motifs is 1. The zero-order valence-electron chi connectivity index (χ0n) is 11.0. The van der Waals surface area contributed by atoms with E-state index < -0.39 is 0 Å². The van der Waals surface area contributed by atoms with E-state index in [2.05, 4.69) is 21.2 Å². The summed E-state index contributed by atoms with van der Waals surface area (Å²) in [4.78, 5) is 12.3. The fraction of sp³-hybridized carbons (Fsp3) is 0.188. The van der Waals surface area contributed by atoms with Gasteiger partial charge in [-0.3, -0.25) is 4.79 Å². The molecule has 0 saturated carbocycles. The highest BCUT2D eigenvalue weighted by Gasteiger charge is 2.20. The van der Waals surface area contributed by atoms with E-state index in [0.717, 1.165) is 27.8 Å². The molecular formula is C16H16BrNO. The van der Waals surface area contributed by atoms with Crippen LogP contribution < -0.4 is 5.32 Å². The van der Waals surface area contributed by atoms with Crippen molar-refractivity contribution in [1.82, 2.24) is 0 Å². The van der Waals surface area contributed by atoms with Gasteiger partial charge in [-0.25, -0.2) is 0 Å². The van der Waals surface area contributed by atoms with Gasteiger partial charge >= 0.3 is 0 Å². The van der Waals surface area contributed by atoms with Crippen molar-refractivity contribution < 1.29 is 4.79 Å². The molecule has 2 nitrogen and oxygen atoms in total. The number of nitrogens with one attached hydrogen (secondary N) is 1. The minimum atomic E-state index is 0.0709. The summed E-state index contributed by atoms with van der Waals surface area (Å²) in [6, 6.07) is 13.3. The molecule has 0 fully saturated rings. The van der Waals surface area contributed by atoms with E-state index in [1.54, 1.807) is 0 Å². The summed E-state index contributed by atoms with van der Waals surface area (Å²) in [5.74, 6) is 0.0709. The topological polar surface area (TPSA) is 29.1 Å². The number of hydrogen-bond donors (Lipinski definition) is 1. The Hall–Kier alpha value is -1.61. The van der Waals surface area contributed by atoms with E-state index in [4.69, 9.17) is 0 Å². The third-order valence-corrected chi connectivity index (χ3v) is 3.49. The van der Waals surface area contributed by atoms with Gasteiger partial charge in [-0.1, -0.05) is 41.9 Å². The molecule has 0 saturated heterocycles. The number of ketones is 1. The van der Waals surface area contributed by atoms with Crippen LogP contribution in [0.5, 0.6) is 0 Å². The van der Waals surface area contributed by atoms with Crippen molar-refractivity contribution >= 4 is 27.4 Å². The van der Waals surface area contributed by atoms with Crippen LogP contribution in [0.15, 0.2) is 46.9 Å². The molecule has 0 spiro atoms. The first-order chi connectivity index (χ1) is 9.25. The Morgan fingerprint density at radius 3 is 2.37 bits per heavy atom. The van der Waals surface area contributed by atoms with Crippen LogP contribution in [0, 0.1) is 0 Å². The largest absolute Gasteiger partial charge is 0.380 e. The van der Waals surface area contributed by atoms with Crippen LogP contribution in [0.1, 0.15) is 35.3 Å². The van der Waals surface area contributed by atoms with Crippen molar-refractivity contribution in [2.45, 2.75) is 20.4 Å². The highest BCUT2D eigenvalue weighted by Crippen LogP contribution is 2.31. The van der Waals surface area contributed by atoms with Gasteiger partial charge in [0.2, 0.25) is 0 Å². The lowest BCUT2D eigenvalue weighted by molar-refractivity contribution is 0.103. The summed E-state index contributed by atoms with van der Waals surface area (Å²) in [7, 11) is 0. The molecule has 0 bridgehead atoms. The summed E-state index contributed by atoms with van der Waals surface area (Å²) in [6.45, 7) is 4.86. The standard InChI is InChI=1S/C14H10BrNO.C2H6/c15-11-6-4-9(5-7-11)14(17)12-3-1-2-10-8-16-13(10)12;1-2/h1-7,16H,8H2;1-2H3. The van der Waals surface area contributed by atoms with Crippen molar-refractivity contribution in [2.75, 3.05) is 5.32 Å². The second-order valence-electron chi connectivity index (χ2n) is 4.03. The van der Waals surface area contributed by atoms with Crippen molar-refractivity contribution in [1.29, 1.82) is 0 Å². The highest BCUT2D eigenvalue weighted by molar-refractivity contribution is 9.10. The van der Waals surface area contributed by atoms with Crippen LogP contribution in [0.3, 0.4) is 0 Å². The maximum Gasteiger partial charge on any atom is 0.195 e. The predicted molar refractivity (Wildman–Crippen MR) is 82.7 cm³/mol. The van der Waals surface area contributed by atoms with Gasteiger partial charge in [0.05, 0.1) is 5.69 Å². The van der Waals surface area contributed by atoms with Gasteiger partial charge in [0.1, 0.15) is 0 Å². The van der Waals surface area contributed by atoms with Crippen LogP contribution in [-0.2, 0) is 6.54 Å². The molecule has 2 aromatic carbocycles. The third-order valence-electron chi connectivity index (χ3n) is 2.96. The van der Waals surface area contributed by atoms with Gasteiger partial charge < -0.3 is 5.32 Å². The molecule has 0 radical (unpaired) electrons. The highest BCUT2D eigenvalue weighted by atomic mass is 79.9. The Bertz CT molecular complexity index is 590. The van der Waals surface area contributed by atoms with Crippen molar-refractivity contribution in [3.8, 4) is 0 Å². The molecule has 1 N–H and O–H groups in total. The zero-order valence-corrected chi connectivity index (χ0v) is 12.6. The second kappa shape index (κ2) is 6.02. The Kier molecular flexibility index (Phi) is 4.38. The smallest absolute Gasteiger partial charge is 0.195 e. The maximum absolute atomic E-state index is 12.3. The van der Waals surface area contributed by atoms with Crippen molar-refractivity contribution in [3.63, 3.8) is 0 Å². The number of carbonyl (C=O) groups is 1. The van der Waals surface area contributed by atoms with Gasteiger partial charge in [0, 0.05) is 22.1 Å². The van der Waals surface area contributed by atoms with Gasteiger partial charge in [-0.15, -0.1) is 0 Å². The van der Waals surface area contributed by atoms with Gasteiger partial charge in [0.25, 0.3) is 0 Å². The molecule has 0 aliphatic carbocycles. The number of para-hydroxylation sites is 1. The molecule has 2 aromatic rings. The van der Waals surface area contributed by atoms with Crippen LogP contribution >= 0.6 is 15.9 Å². The average molecular weight is 318 g/mol. The van der Waals surface area contributed by atoms with Crippen LogP contribution in [0.4, 0.5) is 5.69 Å². The number of benzene rings is 2. The Morgan fingerprint density at radius 1 is 1.11 bits per heavy atom. The molecule has 1 aliphatic heterocycles. The molecular weight excluding hydrogens is 302 g/mol. The molecule has 3 heteroatoms. The Balaban J connectivity index is 0.000000637. The number of halogens is 1. The first-order valence-electron chi connectivity index (χ1n) is 6.42. The molecule has 1 heterocycles. The first kappa shape index (κ1) is 13.8. The average Bonchev–Trinajstić information content (AvgIpc) is 2.42. The van der Waals surface area contributed by atoms with Gasteiger partial charge in [-0.05, 0) is 35.9 Å². The van der Waals surface area contributed by atoms with Crippen molar-refractivity contribution in [3.05, 3.63) is 63.6 Å². The fourth-order valence-electron chi connectivity index (χ4n) is 1.98. The molecule has 0 aromatic heterocycles. The van der Waals surface area contributed by atoms with Crippen LogP contribution in [0.25, 0.3) is 0 Å². The van der Waals surface area contributed by atoms with E-state index in [9.17, 15) is 4.79 Å². The summed E-state index contributed by atoms with van der Waals surface area (Å²) in [5.41, 5.74) is 3.68. The molecule has 98 valence electrons. The quantitative estimate of drug-likeness (QED) is 0.818. The Morgan fingerprint density at radius 2 is 1.79 bits per heavy atom. The van der Waals surface area contributed by atoms with E-state index in [1.165, 1.54) is 5.56 Å². The molecule has 19 heavy (non-hydrogen) atoms. The summed E-state index contributed by atoms with van der Waals surface area (Å²) in [5, 5.41) is 3.19. The monoisotopic (exact) mass is 317 g/mol. The van der Waals surface area contributed by atoms with Gasteiger partial charge in [-0.2, -0.15) is 0 Å². The fourth-order valence-corrected chi connectivity index (χ4v) is 2.24. The van der Waals surface area contributed by atoms with E-state index in [-0.39, 0.29) is 5.78 Å². The predicted octanol–water partition coefficient (Wildman–Crippen LogP) is 4.63. The number of hydrogen-bond acceptors (Lipinski definition) is 2. The van der Waals surface area contributed by atoms with Crippen LogP contribution in [-0.4, -0.2) is 5.78 Å². The van der Waals surface area contributed by atoms with Crippen LogP contribution in [0.2, 0.25) is 0 Å². The van der Waals surface area contributed by atoms with Crippen molar-refractivity contribution in [2.24, 2.45) is 0 Å². The molecule has 0 unspecified atom stereocenters. The summed E-state index contributed by atoms with van der Waals surface area (Å²) >= 11 is 3.36. The van der Waals surface area contributed by atoms with E-state index in [1.807, 2.05) is 56.3 Å². The second-order valence-corrected chi connectivity index (χ2v) is 4.94.